The van der Waals surface area contributed by atoms with Crippen LogP contribution in [0.1, 0.15) is 6.92 Å². The number of rotatable bonds is 6. The largest absolute Gasteiger partial charge is 0.382 e. The van der Waals surface area contributed by atoms with Crippen molar-refractivity contribution in [3.05, 3.63) is 24.3 Å². The highest BCUT2D eigenvalue weighted by atomic mass is 31.2. The van der Waals surface area contributed by atoms with E-state index < -0.39 is 7.60 Å². The highest BCUT2D eigenvalue weighted by Crippen LogP contribution is 2.33. The minimum absolute atomic E-state index is 0.0141. The fourth-order valence-corrected chi connectivity index (χ4v) is 2.47. The molecular weight excluding hydrogens is 345 g/mol. The number of hydrogen-bond acceptors (Lipinski definition) is 8. The maximum absolute atomic E-state index is 11.1. The van der Waals surface area contributed by atoms with Crippen molar-refractivity contribution in [2.45, 2.75) is 6.92 Å². The molecule has 0 unspecified atom stereocenters. The molecule has 0 aliphatic rings. The second-order valence-corrected chi connectivity index (χ2v) is 6.69. The minimum atomic E-state index is -4.25. The molecular formula is C14H18N7O3P. The van der Waals surface area contributed by atoms with Crippen molar-refractivity contribution in [1.29, 1.82) is 0 Å². The Morgan fingerprint density at radius 2 is 1.92 bits per heavy atom. The number of anilines is 3. The summed E-state index contributed by atoms with van der Waals surface area (Å²) in [5.41, 5.74) is 12.9. The lowest BCUT2D eigenvalue weighted by atomic mass is 10.3. The van der Waals surface area contributed by atoms with Gasteiger partial charge in [0, 0.05) is 11.4 Å². The summed E-state index contributed by atoms with van der Waals surface area (Å²) in [6.07, 6.45) is 0. The molecule has 0 aliphatic heterocycles. The van der Waals surface area contributed by atoms with Gasteiger partial charge in [0.25, 0.3) is 0 Å². The van der Waals surface area contributed by atoms with Crippen molar-refractivity contribution in [2.24, 2.45) is 9.98 Å². The molecule has 0 radical (unpaired) electrons. The second-order valence-electron chi connectivity index (χ2n) is 5.09. The zero-order valence-electron chi connectivity index (χ0n) is 13.4. The molecule has 0 fully saturated rings. The van der Waals surface area contributed by atoms with E-state index in [1.165, 1.54) is 12.1 Å². The first kappa shape index (κ1) is 18.5. The number of hydrogen-bond donors (Lipinski definition) is 5. The van der Waals surface area contributed by atoms with Crippen LogP contribution < -0.4 is 22.1 Å². The highest BCUT2D eigenvalue weighted by molar-refractivity contribution is 7.60. The molecule has 0 atom stereocenters. The normalized spacial score (nSPS) is 12.0. The van der Waals surface area contributed by atoms with Crippen LogP contribution in [0, 0.1) is 0 Å². The highest BCUT2D eigenvalue weighted by Gasteiger charge is 2.16. The van der Waals surface area contributed by atoms with Gasteiger partial charge in [0.1, 0.15) is 5.69 Å². The Bertz CT molecular complexity index is 861. The molecule has 132 valence electrons. The molecule has 0 saturated heterocycles. The average Bonchev–Trinajstić information content (AvgIpc) is 2.54. The van der Waals surface area contributed by atoms with E-state index >= 15 is 0 Å². The maximum atomic E-state index is 11.1. The van der Waals surface area contributed by atoms with Crippen LogP contribution in [0.4, 0.5) is 29.0 Å². The molecule has 0 saturated carbocycles. The van der Waals surface area contributed by atoms with Gasteiger partial charge in [0.15, 0.2) is 11.6 Å². The molecule has 0 amide bonds. The Balaban J connectivity index is 2.13. The Kier molecular flexibility index (Phi) is 5.48. The number of aliphatic imine (C=N–C) groups is 2. The van der Waals surface area contributed by atoms with E-state index in [4.69, 9.17) is 21.3 Å². The minimum Gasteiger partial charge on any atom is -0.382 e. The molecule has 0 aliphatic carbocycles. The number of nitrogens with two attached hydrogens (primary N) is 2. The maximum Gasteiger partial charge on any atom is 0.356 e. The summed E-state index contributed by atoms with van der Waals surface area (Å²) in [5.74, 6) is 0.273. The van der Waals surface area contributed by atoms with Crippen LogP contribution in [0.15, 0.2) is 34.3 Å². The molecule has 0 spiro atoms. The SMILES string of the molecule is C=Nc1nc(N)nc(N)c1N=C(C)CNc1ccc(P(=O)(O)O)cc1. The van der Waals surface area contributed by atoms with Crippen molar-refractivity contribution in [2.75, 3.05) is 23.3 Å². The van der Waals surface area contributed by atoms with Gasteiger partial charge in [0.2, 0.25) is 5.95 Å². The fraction of sp³-hybridized carbons (Fsp3) is 0.143. The lowest BCUT2D eigenvalue weighted by molar-refractivity contribution is 0.387. The number of nitrogen functional groups attached to an aromatic ring is 2. The first-order chi connectivity index (χ1) is 11.7. The van der Waals surface area contributed by atoms with Gasteiger partial charge >= 0.3 is 7.60 Å². The third-order valence-electron chi connectivity index (χ3n) is 3.11. The Hall–Kier alpha value is -2.81. The predicted molar refractivity (Wildman–Crippen MR) is 99.4 cm³/mol. The molecule has 0 bridgehead atoms. The molecule has 1 heterocycles. The fourth-order valence-electron chi connectivity index (χ4n) is 1.93. The van der Waals surface area contributed by atoms with Crippen LogP contribution in [-0.2, 0) is 4.57 Å². The van der Waals surface area contributed by atoms with E-state index in [9.17, 15) is 4.57 Å². The molecule has 1 aromatic carbocycles. The van der Waals surface area contributed by atoms with E-state index in [1.807, 2.05) is 0 Å². The van der Waals surface area contributed by atoms with E-state index in [2.05, 4.69) is 32.0 Å². The van der Waals surface area contributed by atoms with Crippen molar-refractivity contribution < 1.29 is 14.4 Å². The molecule has 2 rings (SSSR count). The van der Waals surface area contributed by atoms with E-state index in [0.717, 1.165) is 0 Å². The van der Waals surface area contributed by atoms with Gasteiger partial charge in [-0.2, -0.15) is 9.97 Å². The molecule has 10 nitrogen and oxygen atoms in total. The number of benzene rings is 1. The van der Waals surface area contributed by atoms with Crippen molar-refractivity contribution in [3.8, 4) is 0 Å². The van der Waals surface area contributed by atoms with Crippen LogP contribution in [0.2, 0.25) is 0 Å². The van der Waals surface area contributed by atoms with E-state index in [-0.39, 0.29) is 28.6 Å². The molecule has 25 heavy (non-hydrogen) atoms. The summed E-state index contributed by atoms with van der Waals surface area (Å²) in [5, 5.41) is 3.03. The monoisotopic (exact) mass is 363 g/mol. The summed E-state index contributed by atoms with van der Waals surface area (Å²) in [7, 11) is -4.25. The topological polar surface area (TPSA) is 172 Å². The van der Waals surface area contributed by atoms with Gasteiger partial charge < -0.3 is 26.6 Å². The van der Waals surface area contributed by atoms with Gasteiger partial charge in [-0.3, -0.25) is 4.57 Å². The van der Waals surface area contributed by atoms with Crippen molar-refractivity contribution in [1.82, 2.24) is 9.97 Å². The molecule has 11 heteroatoms. The lowest BCUT2D eigenvalue weighted by Crippen LogP contribution is -2.12. The second kappa shape index (κ2) is 7.39. The predicted octanol–water partition coefficient (Wildman–Crippen LogP) is 0.981. The molecule has 2 aromatic rings. The standard InChI is InChI=1S/C14H18N7O3P/c1-8(19-11-12(15)20-14(16)21-13(11)17-2)7-18-9-3-5-10(6-4-9)25(22,23)24/h3-6,18H,2,7H2,1H3,(H2,22,23,24)(H4,15,16,20,21). The van der Waals surface area contributed by atoms with Gasteiger partial charge in [-0.25, -0.2) is 9.98 Å². The average molecular weight is 363 g/mol. The van der Waals surface area contributed by atoms with Crippen LogP contribution in [0.5, 0.6) is 0 Å². The molecule has 7 N–H and O–H groups in total. The molecule has 1 aromatic heterocycles. The van der Waals surface area contributed by atoms with Crippen molar-refractivity contribution in [3.63, 3.8) is 0 Å². The third kappa shape index (κ3) is 4.83. The summed E-state index contributed by atoms with van der Waals surface area (Å²) < 4.78 is 11.1. The summed E-state index contributed by atoms with van der Waals surface area (Å²) in [6.45, 7) is 5.52. The first-order valence-corrected chi connectivity index (χ1v) is 8.66. The zero-order chi connectivity index (χ0) is 18.6. The van der Waals surface area contributed by atoms with Crippen molar-refractivity contribution >= 4 is 54.3 Å². The van der Waals surface area contributed by atoms with Gasteiger partial charge in [-0.15, -0.1) is 0 Å². The number of aromatic nitrogens is 2. The quantitative estimate of drug-likeness (QED) is 0.373. The van der Waals surface area contributed by atoms with E-state index in [0.29, 0.717) is 17.9 Å². The van der Waals surface area contributed by atoms with Crippen LogP contribution in [-0.4, -0.2) is 38.7 Å². The van der Waals surface area contributed by atoms with Gasteiger partial charge in [-0.1, -0.05) is 0 Å². The van der Waals surface area contributed by atoms with Crippen LogP contribution >= 0.6 is 7.60 Å². The smallest absolute Gasteiger partial charge is 0.356 e. The Labute approximate surface area is 143 Å². The van der Waals surface area contributed by atoms with Crippen LogP contribution in [0.25, 0.3) is 0 Å². The number of nitrogens with zero attached hydrogens (tertiary/aromatic N) is 4. The van der Waals surface area contributed by atoms with Gasteiger partial charge in [0.05, 0.1) is 11.8 Å². The third-order valence-corrected chi connectivity index (χ3v) is 4.09. The first-order valence-electron chi connectivity index (χ1n) is 7.04. The zero-order valence-corrected chi connectivity index (χ0v) is 14.3. The summed E-state index contributed by atoms with van der Waals surface area (Å²) in [4.78, 5) is 34.0. The summed E-state index contributed by atoms with van der Waals surface area (Å²) >= 11 is 0. The summed E-state index contributed by atoms with van der Waals surface area (Å²) in [6, 6.07) is 5.86. The van der Waals surface area contributed by atoms with E-state index in [1.54, 1.807) is 19.1 Å². The lowest BCUT2D eigenvalue weighted by Gasteiger charge is -2.09. The number of nitrogens with one attached hydrogen (secondary N) is 1. The Morgan fingerprint density at radius 1 is 1.28 bits per heavy atom. The Morgan fingerprint density at radius 3 is 2.48 bits per heavy atom. The van der Waals surface area contributed by atoms with Crippen LogP contribution in [0.3, 0.4) is 0 Å². The van der Waals surface area contributed by atoms with Gasteiger partial charge in [-0.05, 0) is 37.9 Å².